The van der Waals surface area contributed by atoms with E-state index in [1.54, 1.807) is 31.3 Å². The summed E-state index contributed by atoms with van der Waals surface area (Å²) in [6.45, 7) is 6.23. The molecule has 0 aliphatic carbocycles. The van der Waals surface area contributed by atoms with Crippen LogP contribution in [0.4, 0.5) is 0 Å². The van der Waals surface area contributed by atoms with Crippen LogP contribution in [0.1, 0.15) is 23.4 Å². The third-order valence-corrected chi connectivity index (χ3v) is 5.56. The maximum Gasteiger partial charge on any atom is 0.240 e. The first-order valence-electron chi connectivity index (χ1n) is 8.84. The third kappa shape index (κ3) is 7.06. The van der Waals surface area contributed by atoms with Gasteiger partial charge in [-0.3, -0.25) is 9.67 Å². The lowest BCUT2D eigenvalue weighted by atomic mass is 10.2. The fourth-order valence-corrected chi connectivity index (χ4v) is 3.38. The van der Waals surface area contributed by atoms with Gasteiger partial charge in [0.2, 0.25) is 10.0 Å². The summed E-state index contributed by atoms with van der Waals surface area (Å²) in [4.78, 5) is 4.46. The second-order valence-corrected chi connectivity index (χ2v) is 8.09. The molecule has 0 aliphatic heterocycles. The van der Waals surface area contributed by atoms with Gasteiger partial charge in [0.15, 0.2) is 5.96 Å². The predicted octanol–water partition coefficient (Wildman–Crippen LogP) is 1.78. The van der Waals surface area contributed by atoms with Crippen LogP contribution in [-0.4, -0.2) is 44.8 Å². The largest absolute Gasteiger partial charge is 0.356 e. The van der Waals surface area contributed by atoms with Gasteiger partial charge >= 0.3 is 0 Å². The monoisotopic (exact) mass is 520 g/mol. The Hall–Kier alpha value is -1.66. The lowest BCUT2D eigenvalue weighted by molar-refractivity contribution is 0.555. The number of aliphatic imine (C=N–C) groups is 1. The van der Waals surface area contributed by atoms with Crippen LogP contribution < -0.4 is 15.4 Å². The van der Waals surface area contributed by atoms with Crippen LogP contribution in [0.3, 0.4) is 0 Å². The van der Waals surface area contributed by atoms with E-state index in [4.69, 9.17) is 0 Å². The fraction of sp³-hybridized carbons (Fsp3) is 0.444. The molecule has 156 valence electrons. The normalized spacial score (nSPS) is 11.8. The molecule has 8 nitrogen and oxygen atoms in total. The summed E-state index contributed by atoms with van der Waals surface area (Å²) in [7, 11) is -0.285. The molecule has 1 aromatic heterocycles. The molecule has 0 unspecified atom stereocenters. The molecule has 10 heteroatoms. The van der Waals surface area contributed by atoms with Gasteiger partial charge in [-0.2, -0.15) is 5.10 Å². The molecule has 3 N–H and O–H groups in total. The molecule has 0 radical (unpaired) electrons. The first-order valence-corrected chi connectivity index (χ1v) is 10.3. The lowest BCUT2D eigenvalue weighted by Gasteiger charge is -2.12. The van der Waals surface area contributed by atoms with Crippen LogP contribution in [0.2, 0.25) is 0 Å². The van der Waals surface area contributed by atoms with Gasteiger partial charge in [0, 0.05) is 32.4 Å². The van der Waals surface area contributed by atoms with Crippen molar-refractivity contribution in [2.24, 2.45) is 4.99 Å². The number of guanidine groups is 1. The number of hydrogen-bond donors (Lipinski definition) is 3. The summed E-state index contributed by atoms with van der Waals surface area (Å²) in [6, 6.07) is 8.82. The number of rotatable bonds is 8. The summed E-state index contributed by atoms with van der Waals surface area (Å²) in [5.74, 6) is 0.704. The van der Waals surface area contributed by atoms with E-state index >= 15 is 0 Å². The highest BCUT2D eigenvalue weighted by atomic mass is 127. The molecule has 0 amide bonds. The molecule has 28 heavy (non-hydrogen) atoms. The Morgan fingerprint density at radius 3 is 2.39 bits per heavy atom. The number of aromatic nitrogens is 2. The molecule has 0 spiro atoms. The zero-order valence-corrected chi connectivity index (χ0v) is 19.8. The Labute approximate surface area is 184 Å². The summed E-state index contributed by atoms with van der Waals surface area (Å²) in [5.41, 5.74) is 3.17. The smallest absolute Gasteiger partial charge is 0.240 e. The SMILES string of the molecule is CN=C(NCCCn1nc(C)cc1C)NCc1ccc(S(=O)(=O)NC)cc1.I. The first kappa shape index (κ1) is 24.4. The van der Waals surface area contributed by atoms with Crippen molar-refractivity contribution in [2.75, 3.05) is 20.6 Å². The van der Waals surface area contributed by atoms with Crippen LogP contribution >= 0.6 is 24.0 Å². The zero-order valence-electron chi connectivity index (χ0n) is 16.7. The molecular weight excluding hydrogens is 491 g/mol. The summed E-state index contributed by atoms with van der Waals surface area (Å²) in [5, 5.41) is 10.9. The van der Waals surface area contributed by atoms with Gasteiger partial charge in [-0.1, -0.05) is 12.1 Å². The molecule has 0 fully saturated rings. The maximum atomic E-state index is 11.7. The Kier molecular flexibility index (Phi) is 9.90. The molecule has 2 aromatic rings. The average molecular weight is 520 g/mol. The van der Waals surface area contributed by atoms with Crippen molar-refractivity contribution in [3.63, 3.8) is 0 Å². The van der Waals surface area contributed by atoms with Gasteiger partial charge in [-0.05, 0) is 51.1 Å². The third-order valence-electron chi connectivity index (χ3n) is 4.13. The molecule has 1 heterocycles. The first-order chi connectivity index (χ1) is 12.9. The summed E-state index contributed by atoms with van der Waals surface area (Å²) < 4.78 is 27.8. The minimum Gasteiger partial charge on any atom is -0.356 e. The predicted molar refractivity (Wildman–Crippen MR) is 123 cm³/mol. The van der Waals surface area contributed by atoms with Gasteiger partial charge in [0.1, 0.15) is 0 Å². The Bertz CT molecular complexity index is 878. The van der Waals surface area contributed by atoms with Crippen LogP contribution in [0.25, 0.3) is 0 Å². The van der Waals surface area contributed by atoms with E-state index in [0.717, 1.165) is 30.8 Å². The number of nitrogens with zero attached hydrogens (tertiary/aromatic N) is 3. The molecule has 1 aromatic carbocycles. The van der Waals surface area contributed by atoms with Crippen molar-refractivity contribution in [3.8, 4) is 0 Å². The maximum absolute atomic E-state index is 11.7. The molecule has 2 rings (SSSR count). The van der Waals surface area contributed by atoms with E-state index in [1.807, 2.05) is 11.6 Å². The number of sulfonamides is 1. The van der Waals surface area contributed by atoms with E-state index in [-0.39, 0.29) is 28.9 Å². The van der Waals surface area contributed by atoms with Gasteiger partial charge in [-0.25, -0.2) is 13.1 Å². The van der Waals surface area contributed by atoms with Crippen molar-refractivity contribution < 1.29 is 8.42 Å². The Balaban J connectivity index is 0.00000392. The number of nitrogens with one attached hydrogen (secondary N) is 3. The van der Waals surface area contributed by atoms with Gasteiger partial charge in [0.25, 0.3) is 0 Å². The van der Waals surface area contributed by atoms with Crippen molar-refractivity contribution in [1.82, 2.24) is 25.1 Å². The van der Waals surface area contributed by atoms with E-state index < -0.39 is 10.0 Å². The van der Waals surface area contributed by atoms with Gasteiger partial charge in [0.05, 0.1) is 10.6 Å². The standard InChI is InChI=1S/C18H28N6O2S.HI/c1-14-12-15(2)24(23-14)11-5-10-21-18(19-3)22-13-16-6-8-17(9-7-16)27(25,26)20-4;/h6-9,12,20H,5,10-11,13H2,1-4H3,(H2,19,21,22);1H. The second-order valence-electron chi connectivity index (χ2n) is 6.21. The Morgan fingerprint density at radius 2 is 1.86 bits per heavy atom. The highest BCUT2D eigenvalue weighted by Crippen LogP contribution is 2.10. The van der Waals surface area contributed by atoms with Crippen LogP contribution in [0.15, 0.2) is 40.2 Å². The van der Waals surface area contributed by atoms with Crippen LogP contribution in [-0.2, 0) is 23.1 Å². The van der Waals surface area contributed by atoms with Crippen molar-refractivity contribution >= 4 is 40.0 Å². The van der Waals surface area contributed by atoms with E-state index in [0.29, 0.717) is 12.5 Å². The van der Waals surface area contributed by atoms with Crippen molar-refractivity contribution in [3.05, 3.63) is 47.3 Å². The van der Waals surface area contributed by atoms with Crippen LogP contribution in [0.5, 0.6) is 0 Å². The highest BCUT2D eigenvalue weighted by Gasteiger charge is 2.10. The minimum absolute atomic E-state index is 0. The second kappa shape index (κ2) is 11.4. The summed E-state index contributed by atoms with van der Waals surface area (Å²) >= 11 is 0. The Morgan fingerprint density at radius 1 is 1.18 bits per heavy atom. The zero-order chi connectivity index (χ0) is 19.9. The van der Waals surface area contributed by atoms with E-state index in [1.165, 1.54) is 12.7 Å². The van der Waals surface area contributed by atoms with Crippen molar-refractivity contribution in [1.29, 1.82) is 0 Å². The van der Waals surface area contributed by atoms with Gasteiger partial charge in [-0.15, -0.1) is 24.0 Å². The van der Waals surface area contributed by atoms with E-state index in [9.17, 15) is 8.42 Å². The molecular formula is C18H29IN6O2S. The number of hydrogen-bond acceptors (Lipinski definition) is 4. The average Bonchev–Trinajstić information content (AvgIpc) is 2.98. The number of benzene rings is 1. The minimum atomic E-state index is -3.40. The van der Waals surface area contributed by atoms with Gasteiger partial charge < -0.3 is 10.6 Å². The van der Waals surface area contributed by atoms with Crippen molar-refractivity contribution in [2.45, 2.75) is 38.3 Å². The lowest BCUT2D eigenvalue weighted by Crippen LogP contribution is -2.37. The van der Waals surface area contributed by atoms with Crippen LogP contribution in [0, 0.1) is 13.8 Å². The quantitative estimate of drug-likeness (QED) is 0.213. The molecule has 0 atom stereocenters. The number of halogens is 1. The fourth-order valence-electron chi connectivity index (χ4n) is 2.65. The molecule has 0 bridgehead atoms. The molecule has 0 saturated heterocycles. The highest BCUT2D eigenvalue weighted by molar-refractivity contribution is 14.0. The summed E-state index contributed by atoms with van der Waals surface area (Å²) in [6.07, 6.45) is 0.930. The molecule has 0 aliphatic rings. The number of aryl methyl sites for hydroxylation is 3. The topological polar surface area (TPSA) is 100 Å². The van der Waals surface area contributed by atoms with E-state index in [2.05, 4.69) is 38.4 Å². The molecule has 0 saturated carbocycles.